The Morgan fingerprint density at radius 3 is 2.88 bits per heavy atom. The first kappa shape index (κ1) is 14.5. The second kappa shape index (κ2) is 5.54. The Morgan fingerprint density at radius 1 is 1.25 bits per heavy atom. The van der Waals surface area contributed by atoms with Crippen molar-refractivity contribution in [3.8, 4) is 16.4 Å². The Balaban J connectivity index is 1.95. The molecule has 4 aromatic rings. The highest BCUT2D eigenvalue weighted by Gasteiger charge is 2.18. The molecule has 0 aliphatic heterocycles. The molecule has 0 unspecified atom stereocenters. The lowest BCUT2D eigenvalue weighted by molar-refractivity contribution is 0.0690. The molecule has 0 atom stereocenters. The maximum Gasteiger partial charge on any atom is 0.356 e. The third-order valence-corrected chi connectivity index (χ3v) is 4.73. The molecule has 0 amide bonds. The molecular formula is C17H12N4O2S. The summed E-state index contributed by atoms with van der Waals surface area (Å²) in [4.78, 5) is 20.9. The Morgan fingerprint density at radius 2 is 2.12 bits per heavy atom. The van der Waals surface area contributed by atoms with Crippen molar-refractivity contribution in [1.82, 2.24) is 19.7 Å². The molecule has 0 bridgehead atoms. The van der Waals surface area contributed by atoms with E-state index in [9.17, 15) is 9.90 Å². The average molecular weight is 336 g/mol. The maximum atomic E-state index is 11.4. The minimum Gasteiger partial charge on any atom is -0.476 e. The fourth-order valence-electron chi connectivity index (χ4n) is 2.49. The summed E-state index contributed by atoms with van der Waals surface area (Å²) in [5.74, 6) is -0.474. The summed E-state index contributed by atoms with van der Waals surface area (Å²) in [6.07, 6.45) is 3.53. The van der Waals surface area contributed by atoms with Crippen molar-refractivity contribution in [2.24, 2.45) is 0 Å². The van der Waals surface area contributed by atoms with Crippen LogP contribution in [-0.4, -0.2) is 30.8 Å². The molecule has 0 aliphatic carbocycles. The molecule has 4 rings (SSSR count). The van der Waals surface area contributed by atoms with Crippen molar-refractivity contribution >= 4 is 27.4 Å². The lowest BCUT2D eigenvalue weighted by atomic mass is 10.2. The van der Waals surface area contributed by atoms with Crippen molar-refractivity contribution in [2.45, 2.75) is 6.92 Å². The van der Waals surface area contributed by atoms with Crippen LogP contribution in [0.2, 0.25) is 0 Å². The monoisotopic (exact) mass is 336 g/mol. The van der Waals surface area contributed by atoms with Crippen LogP contribution in [-0.2, 0) is 0 Å². The van der Waals surface area contributed by atoms with E-state index in [-0.39, 0.29) is 5.69 Å². The SMILES string of the molecule is Cc1cccc(-n2nc(C(=O)O)cc2-c2cc3cnccc3s2)n1. The van der Waals surface area contributed by atoms with E-state index in [2.05, 4.69) is 15.1 Å². The van der Waals surface area contributed by atoms with Crippen LogP contribution in [0.3, 0.4) is 0 Å². The van der Waals surface area contributed by atoms with Crippen LogP contribution in [0.4, 0.5) is 0 Å². The lowest BCUT2D eigenvalue weighted by Crippen LogP contribution is -2.04. The van der Waals surface area contributed by atoms with Crippen LogP contribution in [0, 0.1) is 6.92 Å². The molecule has 0 spiro atoms. The molecule has 0 aliphatic rings. The first-order chi connectivity index (χ1) is 11.6. The van der Waals surface area contributed by atoms with Gasteiger partial charge in [-0.25, -0.2) is 14.5 Å². The first-order valence-electron chi connectivity index (χ1n) is 7.23. The highest BCUT2D eigenvalue weighted by molar-refractivity contribution is 7.22. The summed E-state index contributed by atoms with van der Waals surface area (Å²) < 4.78 is 2.66. The molecule has 4 heterocycles. The van der Waals surface area contributed by atoms with Crippen LogP contribution in [0.5, 0.6) is 0 Å². The highest BCUT2D eigenvalue weighted by Crippen LogP contribution is 2.34. The van der Waals surface area contributed by atoms with Gasteiger partial charge in [-0.3, -0.25) is 4.98 Å². The number of rotatable bonds is 3. The molecule has 1 N–H and O–H groups in total. The first-order valence-corrected chi connectivity index (χ1v) is 8.05. The number of fused-ring (bicyclic) bond motifs is 1. The van der Waals surface area contributed by atoms with Crippen LogP contribution >= 0.6 is 11.3 Å². The quantitative estimate of drug-likeness (QED) is 0.619. The van der Waals surface area contributed by atoms with Gasteiger partial charge in [0.1, 0.15) is 0 Å². The van der Waals surface area contributed by atoms with Gasteiger partial charge in [-0.1, -0.05) is 6.07 Å². The fraction of sp³-hybridized carbons (Fsp3) is 0.0588. The summed E-state index contributed by atoms with van der Waals surface area (Å²) in [5, 5.41) is 14.5. The van der Waals surface area contributed by atoms with E-state index in [0.29, 0.717) is 11.5 Å². The van der Waals surface area contributed by atoms with Gasteiger partial charge in [0.05, 0.1) is 10.6 Å². The normalized spacial score (nSPS) is 11.0. The van der Waals surface area contributed by atoms with Crippen molar-refractivity contribution in [3.05, 3.63) is 60.2 Å². The smallest absolute Gasteiger partial charge is 0.356 e. The van der Waals surface area contributed by atoms with Gasteiger partial charge < -0.3 is 5.11 Å². The van der Waals surface area contributed by atoms with Crippen LogP contribution in [0.25, 0.3) is 26.5 Å². The van der Waals surface area contributed by atoms with E-state index in [1.807, 2.05) is 37.3 Å². The third kappa shape index (κ3) is 2.44. The van der Waals surface area contributed by atoms with Crippen LogP contribution < -0.4 is 0 Å². The predicted molar refractivity (Wildman–Crippen MR) is 91.7 cm³/mol. The highest BCUT2D eigenvalue weighted by atomic mass is 32.1. The zero-order chi connectivity index (χ0) is 16.7. The number of pyridine rings is 2. The topological polar surface area (TPSA) is 80.9 Å². The Bertz CT molecular complexity index is 1030. The summed E-state index contributed by atoms with van der Waals surface area (Å²) in [5.41, 5.74) is 1.53. The molecule has 0 radical (unpaired) electrons. The van der Waals surface area contributed by atoms with E-state index in [4.69, 9.17) is 0 Å². The number of aromatic nitrogens is 4. The van der Waals surface area contributed by atoms with E-state index >= 15 is 0 Å². The van der Waals surface area contributed by atoms with Crippen molar-refractivity contribution < 1.29 is 9.90 Å². The van der Waals surface area contributed by atoms with E-state index in [1.165, 1.54) is 0 Å². The van der Waals surface area contributed by atoms with Crippen LogP contribution in [0.1, 0.15) is 16.2 Å². The van der Waals surface area contributed by atoms with Crippen molar-refractivity contribution in [2.75, 3.05) is 0 Å². The Hall–Kier alpha value is -3.06. The standard InChI is InChI=1S/C17H12N4O2S/c1-10-3-2-4-16(19-10)21-13(8-12(20-21)17(22)23)15-7-11-9-18-6-5-14(11)24-15/h2-9H,1H3,(H,22,23). The Labute approximate surface area is 141 Å². The fourth-order valence-corrected chi connectivity index (χ4v) is 3.52. The van der Waals surface area contributed by atoms with Crippen LogP contribution in [0.15, 0.2) is 48.8 Å². The van der Waals surface area contributed by atoms with Crippen molar-refractivity contribution in [1.29, 1.82) is 0 Å². The number of hydrogen-bond donors (Lipinski definition) is 1. The second-order valence-corrected chi connectivity index (χ2v) is 6.38. The molecule has 0 saturated heterocycles. The minimum atomic E-state index is -1.06. The lowest BCUT2D eigenvalue weighted by Gasteiger charge is -2.05. The number of aryl methyl sites for hydroxylation is 1. The molecule has 24 heavy (non-hydrogen) atoms. The third-order valence-electron chi connectivity index (χ3n) is 3.59. The second-order valence-electron chi connectivity index (χ2n) is 5.29. The molecule has 4 aromatic heterocycles. The molecule has 0 aromatic carbocycles. The van der Waals surface area contributed by atoms with E-state index < -0.39 is 5.97 Å². The van der Waals surface area contributed by atoms with Gasteiger partial charge in [-0.05, 0) is 31.2 Å². The number of carbonyl (C=O) groups is 1. The van der Waals surface area contributed by atoms with Crippen molar-refractivity contribution in [3.63, 3.8) is 0 Å². The van der Waals surface area contributed by atoms with E-state index in [0.717, 1.165) is 20.7 Å². The number of carboxylic acids is 1. The van der Waals surface area contributed by atoms with Gasteiger partial charge in [-0.2, -0.15) is 5.10 Å². The van der Waals surface area contributed by atoms with Gasteiger partial charge in [0, 0.05) is 34.2 Å². The van der Waals surface area contributed by atoms with Gasteiger partial charge in [-0.15, -0.1) is 11.3 Å². The number of aromatic carboxylic acids is 1. The number of hydrogen-bond acceptors (Lipinski definition) is 5. The van der Waals surface area contributed by atoms with Gasteiger partial charge in [0.2, 0.25) is 0 Å². The Kier molecular flexibility index (Phi) is 3.35. The zero-order valence-corrected chi connectivity index (χ0v) is 13.5. The minimum absolute atomic E-state index is 0.0103. The average Bonchev–Trinajstić information content (AvgIpc) is 3.19. The predicted octanol–water partition coefficient (Wildman–Crippen LogP) is 3.55. The zero-order valence-electron chi connectivity index (χ0n) is 12.7. The summed E-state index contributed by atoms with van der Waals surface area (Å²) in [6.45, 7) is 1.88. The summed E-state index contributed by atoms with van der Waals surface area (Å²) >= 11 is 1.57. The molecule has 7 heteroatoms. The molecule has 0 saturated carbocycles. The van der Waals surface area contributed by atoms with Gasteiger partial charge in [0.25, 0.3) is 0 Å². The molecular weight excluding hydrogens is 324 g/mol. The van der Waals surface area contributed by atoms with Gasteiger partial charge in [0.15, 0.2) is 11.5 Å². The number of thiophene rings is 1. The molecule has 6 nitrogen and oxygen atoms in total. The van der Waals surface area contributed by atoms with Gasteiger partial charge >= 0.3 is 5.97 Å². The molecule has 0 fully saturated rings. The van der Waals surface area contributed by atoms with E-state index in [1.54, 1.807) is 34.5 Å². The molecule has 118 valence electrons. The largest absolute Gasteiger partial charge is 0.476 e. The summed E-state index contributed by atoms with van der Waals surface area (Å²) in [6, 6.07) is 11.1. The maximum absolute atomic E-state index is 11.4. The number of carboxylic acid groups (broad SMARTS) is 1. The number of nitrogens with zero attached hydrogens (tertiary/aromatic N) is 4. The summed E-state index contributed by atoms with van der Waals surface area (Å²) in [7, 11) is 0.